The molecule has 1 aromatic rings. The molecule has 0 saturated carbocycles. The Bertz CT molecular complexity index is 1150. The van der Waals surface area contributed by atoms with Gasteiger partial charge in [0.15, 0.2) is 0 Å². The first-order valence-electron chi connectivity index (χ1n) is 10.4. The average Bonchev–Trinajstić information content (AvgIpc) is 3.07. The van der Waals surface area contributed by atoms with Gasteiger partial charge < -0.3 is 19.3 Å². The summed E-state index contributed by atoms with van der Waals surface area (Å²) in [5.74, 6) is -0.477. The number of aliphatic imine (C=N–C) groups is 1. The molecular weight excluding hydrogens is 394 g/mol. The Balaban J connectivity index is 1.82. The van der Waals surface area contributed by atoms with Crippen LogP contribution in [0.1, 0.15) is 42.5 Å². The summed E-state index contributed by atoms with van der Waals surface area (Å²) in [6, 6.07) is 1.90. The number of cyclic esters (lactones) is 1. The number of pyridine rings is 1. The van der Waals surface area contributed by atoms with Crippen LogP contribution in [0.2, 0.25) is 0 Å². The minimum atomic E-state index is -0.439. The van der Waals surface area contributed by atoms with Gasteiger partial charge in [0, 0.05) is 12.1 Å². The summed E-state index contributed by atoms with van der Waals surface area (Å²) in [6.45, 7) is 6.62. The predicted molar refractivity (Wildman–Crippen MR) is 120 cm³/mol. The molecule has 162 valence electrons. The van der Waals surface area contributed by atoms with E-state index in [9.17, 15) is 14.7 Å². The van der Waals surface area contributed by atoms with Crippen molar-refractivity contribution in [1.82, 2.24) is 9.47 Å². The van der Waals surface area contributed by atoms with Crippen molar-refractivity contribution in [2.45, 2.75) is 38.8 Å². The zero-order valence-corrected chi connectivity index (χ0v) is 18.1. The Kier molecular flexibility index (Phi) is 5.54. The van der Waals surface area contributed by atoms with Gasteiger partial charge in [0.05, 0.1) is 29.4 Å². The third-order valence-electron chi connectivity index (χ3n) is 6.03. The number of carbonyl (C=O) groups excluding carboxylic acids is 1. The van der Waals surface area contributed by atoms with Crippen LogP contribution in [0.4, 0.5) is 0 Å². The van der Waals surface area contributed by atoms with Crippen molar-refractivity contribution in [1.29, 1.82) is 0 Å². The summed E-state index contributed by atoms with van der Waals surface area (Å²) in [7, 11) is 3.91. The summed E-state index contributed by atoms with van der Waals surface area (Å²) < 4.78 is 6.93. The first kappa shape index (κ1) is 21.1. The zero-order chi connectivity index (χ0) is 22.3. The number of carbonyl (C=O) groups is 1. The second kappa shape index (κ2) is 8.15. The Hall–Kier alpha value is -3.19. The molecular formula is C24H27N3O4. The quantitative estimate of drug-likeness (QED) is 0.583. The number of ether oxygens (including phenoxy) is 1. The van der Waals surface area contributed by atoms with Crippen molar-refractivity contribution in [3.05, 3.63) is 73.9 Å². The van der Waals surface area contributed by atoms with E-state index in [0.717, 1.165) is 22.3 Å². The van der Waals surface area contributed by atoms with Gasteiger partial charge in [-0.2, -0.15) is 0 Å². The monoisotopic (exact) mass is 421 g/mol. The summed E-state index contributed by atoms with van der Waals surface area (Å²) in [5, 5.41) is 10.4. The fourth-order valence-electron chi connectivity index (χ4n) is 4.52. The minimum absolute atomic E-state index is 0.00540. The standard InChI is InChI=1S/C24H27N3O4/c1-5-16-17-10-20-22(25-2)15(11-27(20)23(29)19(17)13-31-24(16)30)9-14-7-6-8-21(28)18(14)12-26(3)4/h6,8-10,16,28H,2,5,7,11-13H2,1,3-4H3/b14-9+/t16-/m1/s1. The molecule has 0 fully saturated rings. The van der Waals surface area contributed by atoms with Crippen molar-refractivity contribution in [2.75, 3.05) is 20.6 Å². The number of esters is 1. The first-order valence-corrected chi connectivity index (χ1v) is 10.4. The molecule has 7 heteroatoms. The lowest BCUT2D eigenvalue weighted by Gasteiger charge is -2.24. The maximum atomic E-state index is 13.2. The summed E-state index contributed by atoms with van der Waals surface area (Å²) in [4.78, 5) is 31.7. The van der Waals surface area contributed by atoms with Crippen molar-refractivity contribution in [3.8, 4) is 0 Å². The average molecular weight is 421 g/mol. The van der Waals surface area contributed by atoms with Gasteiger partial charge in [-0.1, -0.05) is 19.1 Å². The van der Waals surface area contributed by atoms with Crippen molar-refractivity contribution < 1.29 is 14.6 Å². The van der Waals surface area contributed by atoms with Crippen LogP contribution in [0.3, 0.4) is 0 Å². The number of hydrogen-bond donors (Lipinski definition) is 1. The van der Waals surface area contributed by atoms with E-state index in [1.807, 2.05) is 44.1 Å². The smallest absolute Gasteiger partial charge is 0.313 e. The number of rotatable bonds is 5. The Morgan fingerprint density at radius 1 is 1.39 bits per heavy atom. The molecule has 1 atom stereocenters. The second-order valence-corrected chi connectivity index (χ2v) is 8.33. The summed E-state index contributed by atoms with van der Waals surface area (Å²) in [5.41, 5.74) is 5.14. The third kappa shape index (κ3) is 3.59. The predicted octanol–water partition coefficient (Wildman–Crippen LogP) is 3.08. The van der Waals surface area contributed by atoms with Gasteiger partial charge in [-0.3, -0.25) is 14.6 Å². The topological polar surface area (TPSA) is 84.1 Å². The van der Waals surface area contributed by atoms with Gasteiger partial charge in [0.1, 0.15) is 12.4 Å². The molecule has 7 nitrogen and oxygen atoms in total. The molecule has 1 N–H and O–H groups in total. The van der Waals surface area contributed by atoms with Crippen LogP contribution in [-0.2, 0) is 22.7 Å². The highest BCUT2D eigenvalue weighted by Crippen LogP contribution is 2.36. The number of aliphatic hydroxyl groups is 1. The number of likely N-dealkylation sites (N-methyl/N-ethyl adjacent to an activating group) is 1. The molecule has 1 aliphatic carbocycles. The van der Waals surface area contributed by atoms with E-state index in [-0.39, 0.29) is 23.9 Å². The van der Waals surface area contributed by atoms with Gasteiger partial charge in [-0.05, 0) is 62.5 Å². The van der Waals surface area contributed by atoms with Gasteiger partial charge >= 0.3 is 5.97 Å². The number of hydrogen-bond acceptors (Lipinski definition) is 6. The molecule has 0 radical (unpaired) electrons. The summed E-state index contributed by atoms with van der Waals surface area (Å²) >= 11 is 0. The molecule has 1 aromatic heterocycles. The van der Waals surface area contributed by atoms with E-state index in [1.54, 1.807) is 10.6 Å². The lowest BCUT2D eigenvalue weighted by Crippen LogP contribution is -2.33. The van der Waals surface area contributed by atoms with Crippen LogP contribution < -0.4 is 5.56 Å². The molecule has 0 amide bonds. The minimum Gasteiger partial charge on any atom is -0.508 e. The lowest BCUT2D eigenvalue weighted by molar-refractivity contribution is -0.148. The molecule has 0 bridgehead atoms. The van der Waals surface area contributed by atoms with Gasteiger partial charge in [-0.15, -0.1) is 0 Å². The van der Waals surface area contributed by atoms with E-state index in [2.05, 4.69) is 11.7 Å². The maximum Gasteiger partial charge on any atom is 0.313 e. The van der Waals surface area contributed by atoms with E-state index in [0.29, 0.717) is 42.9 Å². The van der Waals surface area contributed by atoms with E-state index in [1.165, 1.54) is 0 Å². The van der Waals surface area contributed by atoms with E-state index < -0.39 is 5.92 Å². The maximum absolute atomic E-state index is 13.2. The molecule has 2 aliphatic heterocycles. The fraction of sp³-hybridized carbons (Fsp3) is 0.375. The summed E-state index contributed by atoms with van der Waals surface area (Å²) in [6.07, 6.45) is 6.90. The molecule has 0 spiro atoms. The largest absolute Gasteiger partial charge is 0.508 e. The SMILES string of the molecule is C=NC1=C(/C=C2\CC=CC(O)=C2CN(C)C)Cn2c1cc1c(c2=O)COC(=O)[C@@H]1CC. The molecule has 0 saturated heterocycles. The molecule has 3 heterocycles. The lowest BCUT2D eigenvalue weighted by atomic mass is 9.90. The van der Waals surface area contributed by atoms with Crippen molar-refractivity contribution >= 4 is 18.4 Å². The molecule has 31 heavy (non-hydrogen) atoms. The van der Waals surface area contributed by atoms with Crippen LogP contribution in [0.5, 0.6) is 0 Å². The number of aromatic nitrogens is 1. The van der Waals surface area contributed by atoms with Gasteiger partial charge in [-0.25, -0.2) is 0 Å². The first-order chi connectivity index (χ1) is 14.8. The van der Waals surface area contributed by atoms with Crippen molar-refractivity contribution in [3.63, 3.8) is 0 Å². The molecule has 0 unspecified atom stereocenters. The molecule has 0 aromatic carbocycles. The normalized spacial score (nSPS) is 21.6. The molecule has 3 aliphatic rings. The zero-order valence-electron chi connectivity index (χ0n) is 18.1. The Morgan fingerprint density at radius 3 is 2.84 bits per heavy atom. The highest BCUT2D eigenvalue weighted by molar-refractivity contribution is 5.82. The van der Waals surface area contributed by atoms with Crippen LogP contribution in [-0.4, -0.2) is 47.9 Å². The van der Waals surface area contributed by atoms with Crippen LogP contribution in [0, 0.1) is 0 Å². The Labute approximate surface area is 181 Å². The van der Waals surface area contributed by atoms with Gasteiger partial charge in [0.25, 0.3) is 5.56 Å². The number of aliphatic hydroxyl groups excluding tert-OH is 1. The fourth-order valence-corrected chi connectivity index (χ4v) is 4.52. The highest BCUT2D eigenvalue weighted by atomic mass is 16.5. The van der Waals surface area contributed by atoms with Crippen molar-refractivity contribution in [2.24, 2.45) is 4.99 Å². The van der Waals surface area contributed by atoms with Crippen LogP contribution >= 0.6 is 0 Å². The van der Waals surface area contributed by atoms with Gasteiger partial charge in [0.2, 0.25) is 0 Å². The highest BCUT2D eigenvalue weighted by Gasteiger charge is 2.34. The third-order valence-corrected chi connectivity index (χ3v) is 6.03. The van der Waals surface area contributed by atoms with Crippen LogP contribution in [0.25, 0.3) is 5.70 Å². The second-order valence-electron chi connectivity index (χ2n) is 8.33. The molecule has 4 rings (SSSR count). The van der Waals surface area contributed by atoms with Crippen LogP contribution in [0.15, 0.2) is 56.6 Å². The number of nitrogens with zero attached hydrogens (tertiary/aromatic N) is 3. The van der Waals surface area contributed by atoms with E-state index in [4.69, 9.17) is 4.74 Å². The number of allylic oxidation sites excluding steroid dienone is 4. The Morgan fingerprint density at radius 2 is 2.16 bits per heavy atom. The number of fused-ring (bicyclic) bond motifs is 2. The van der Waals surface area contributed by atoms with E-state index >= 15 is 0 Å².